The van der Waals surface area contributed by atoms with Crippen LogP contribution in [0.3, 0.4) is 0 Å². The summed E-state index contributed by atoms with van der Waals surface area (Å²) in [4.78, 5) is 17.7. The van der Waals surface area contributed by atoms with Crippen molar-refractivity contribution < 1.29 is 9.90 Å². The van der Waals surface area contributed by atoms with Gasteiger partial charge in [-0.1, -0.05) is 17.7 Å². The van der Waals surface area contributed by atoms with Crippen LogP contribution in [-0.4, -0.2) is 26.1 Å². The Morgan fingerprint density at radius 1 is 1.04 bits per heavy atom. The number of aromatic nitrogens is 3. The normalized spacial score (nSPS) is 10.6. The van der Waals surface area contributed by atoms with E-state index < -0.39 is 0 Å². The van der Waals surface area contributed by atoms with Gasteiger partial charge in [-0.15, -0.1) is 0 Å². The Labute approximate surface area is 163 Å². The Balaban J connectivity index is 0.000000706. The van der Waals surface area contributed by atoms with Gasteiger partial charge in [0.2, 0.25) is 0 Å². The van der Waals surface area contributed by atoms with Crippen LogP contribution < -0.4 is 5.32 Å². The molecule has 2 heterocycles. The van der Waals surface area contributed by atoms with Gasteiger partial charge in [-0.2, -0.15) is 0 Å². The largest absolute Gasteiger partial charge is 0.483 e. The Bertz CT molecular complexity index is 1150. The summed E-state index contributed by atoms with van der Waals surface area (Å²) >= 11 is 0. The van der Waals surface area contributed by atoms with E-state index >= 15 is 0 Å². The summed E-state index contributed by atoms with van der Waals surface area (Å²) in [6, 6.07) is 14.9. The fraction of sp³-hybridized carbons (Fsp3) is 0.227. The Kier molecular flexibility index (Phi) is 5.59. The minimum atomic E-state index is -0.250. The molecule has 0 fully saturated rings. The molecule has 0 aliphatic heterocycles. The van der Waals surface area contributed by atoms with Crippen LogP contribution in [0.1, 0.15) is 22.5 Å². The lowest BCUT2D eigenvalue weighted by atomic mass is 10.1. The number of anilines is 1. The molecular weight excluding hydrogens is 352 g/mol. The molecule has 2 N–H and O–H groups in total. The molecule has 0 amide bonds. The average Bonchev–Trinajstić information content (AvgIpc) is 2.95. The van der Waals surface area contributed by atoms with Crippen LogP contribution in [0.4, 0.5) is 5.82 Å². The Hall–Kier alpha value is -3.41. The molecule has 2 aromatic heterocycles. The minimum absolute atomic E-state index is 0.250. The standard InChI is InChI=1S/C21H22N4.CH2O2/c1-13-5-7-18-17(9-13)14(2)10-21(24-18)22-12-16-6-8-20-19(11-16)23-15(3)25(20)4;2-1-3/h5-11H,12H2,1-4H3,(H,22,24);1H,(H,2,3). The number of nitrogens with zero attached hydrogens (tertiary/aromatic N) is 3. The van der Waals surface area contributed by atoms with Crippen LogP contribution in [0.2, 0.25) is 0 Å². The predicted molar refractivity (Wildman–Crippen MR) is 113 cm³/mol. The molecule has 0 aliphatic rings. The number of carboxylic acid groups (broad SMARTS) is 1. The van der Waals surface area contributed by atoms with Crippen molar-refractivity contribution in [2.24, 2.45) is 7.05 Å². The number of imidazole rings is 1. The van der Waals surface area contributed by atoms with Crippen LogP contribution in [0, 0.1) is 20.8 Å². The van der Waals surface area contributed by atoms with E-state index in [1.165, 1.54) is 22.1 Å². The SMILES string of the molecule is Cc1ccc2nc(NCc3ccc4c(c3)nc(C)n4C)cc(C)c2c1.O=CO. The summed E-state index contributed by atoms with van der Waals surface area (Å²) in [7, 11) is 2.05. The summed E-state index contributed by atoms with van der Waals surface area (Å²) in [6.45, 7) is 6.76. The third-order valence-electron chi connectivity index (χ3n) is 4.81. The topological polar surface area (TPSA) is 80.0 Å². The van der Waals surface area contributed by atoms with Crippen LogP contribution >= 0.6 is 0 Å². The number of aryl methyl sites for hydroxylation is 4. The van der Waals surface area contributed by atoms with Crippen molar-refractivity contribution in [2.75, 3.05) is 5.32 Å². The lowest BCUT2D eigenvalue weighted by Crippen LogP contribution is -2.02. The second-order valence-electron chi connectivity index (χ2n) is 6.85. The second kappa shape index (κ2) is 8.08. The molecule has 0 atom stereocenters. The maximum Gasteiger partial charge on any atom is 0.290 e. The van der Waals surface area contributed by atoms with E-state index in [-0.39, 0.29) is 6.47 Å². The van der Waals surface area contributed by atoms with Crippen molar-refractivity contribution in [2.45, 2.75) is 27.3 Å². The molecule has 0 bridgehead atoms. The number of hydrogen-bond acceptors (Lipinski definition) is 4. The molecule has 144 valence electrons. The molecule has 6 nitrogen and oxygen atoms in total. The molecule has 4 rings (SSSR count). The molecular formula is C22H24N4O2. The van der Waals surface area contributed by atoms with Gasteiger partial charge in [0, 0.05) is 19.0 Å². The molecule has 0 unspecified atom stereocenters. The van der Waals surface area contributed by atoms with Crippen molar-refractivity contribution in [3.05, 3.63) is 65.0 Å². The monoisotopic (exact) mass is 376 g/mol. The fourth-order valence-electron chi connectivity index (χ4n) is 3.27. The molecule has 0 spiro atoms. The zero-order valence-electron chi connectivity index (χ0n) is 16.5. The third kappa shape index (κ3) is 3.96. The average molecular weight is 376 g/mol. The van der Waals surface area contributed by atoms with Crippen molar-refractivity contribution >= 4 is 34.2 Å². The zero-order valence-corrected chi connectivity index (χ0v) is 16.5. The Morgan fingerprint density at radius 3 is 2.54 bits per heavy atom. The first-order valence-corrected chi connectivity index (χ1v) is 9.04. The summed E-state index contributed by atoms with van der Waals surface area (Å²) in [5.74, 6) is 1.94. The maximum atomic E-state index is 8.36. The molecule has 2 aromatic carbocycles. The quantitative estimate of drug-likeness (QED) is 0.519. The minimum Gasteiger partial charge on any atom is -0.483 e. The molecule has 0 saturated heterocycles. The smallest absolute Gasteiger partial charge is 0.290 e. The maximum absolute atomic E-state index is 8.36. The molecule has 4 aromatic rings. The number of rotatable bonds is 3. The van der Waals surface area contributed by atoms with E-state index in [0.29, 0.717) is 0 Å². The van der Waals surface area contributed by atoms with Crippen molar-refractivity contribution in [1.29, 1.82) is 0 Å². The van der Waals surface area contributed by atoms with Crippen molar-refractivity contribution in [1.82, 2.24) is 14.5 Å². The van der Waals surface area contributed by atoms with Gasteiger partial charge in [0.15, 0.2) is 0 Å². The molecule has 28 heavy (non-hydrogen) atoms. The number of carbonyl (C=O) groups is 1. The summed E-state index contributed by atoms with van der Waals surface area (Å²) < 4.78 is 2.11. The first-order valence-electron chi connectivity index (χ1n) is 9.04. The van der Waals surface area contributed by atoms with Gasteiger partial charge in [-0.3, -0.25) is 4.79 Å². The highest BCUT2D eigenvalue weighted by molar-refractivity contribution is 5.84. The number of nitrogens with one attached hydrogen (secondary N) is 1. The molecule has 0 aliphatic carbocycles. The second-order valence-corrected chi connectivity index (χ2v) is 6.85. The Morgan fingerprint density at radius 2 is 1.79 bits per heavy atom. The molecule has 0 radical (unpaired) electrons. The van der Waals surface area contributed by atoms with E-state index in [2.05, 4.69) is 71.2 Å². The lowest BCUT2D eigenvalue weighted by Gasteiger charge is -2.10. The summed E-state index contributed by atoms with van der Waals surface area (Å²) in [5, 5.41) is 11.6. The van der Waals surface area contributed by atoms with Crippen LogP contribution in [-0.2, 0) is 18.4 Å². The third-order valence-corrected chi connectivity index (χ3v) is 4.81. The van der Waals surface area contributed by atoms with E-state index in [4.69, 9.17) is 14.9 Å². The summed E-state index contributed by atoms with van der Waals surface area (Å²) in [6.07, 6.45) is 0. The number of fused-ring (bicyclic) bond motifs is 2. The van der Waals surface area contributed by atoms with Gasteiger partial charge in [-0.05, 0) is 62.2 Å². The van der Waals surface area contributed by atoms with E-state index in [1.54, 1.807) is 0 Å². The number of pyridine rings is 1. The number of hydrogen-bond donors (Lipinski definition) is 2. The van der Waals surface area contributed by atoms with Crippen molar-refractivity contribution in [3.63, 3.8) is 0 Å². The zero-order chi connectivity index (χ0) is 20.3. The van der Waals surface area contributed by atoms with Gasteiger partial charge in [0.25, 0.3) is 6.47 Å². The van der Waals surface area contributed by atoms with Gasteiger partial charge in [0.1, 0.15) is 11.6 Å². The van der Waals surface area contributed by atoms with Gasteiger partial charge < -0.3 is 15.0 Å². The van der Waals surface area contributed by atoms with E-state index in [1.807, 2.05) is 14.0 Å². The first kappa shape index (κ1) is 19.4. The van der Waals surface area contributed by atoms with E-state index in [9.17, 15) is 0 Å². The number of benzene rings is 2. The fourth-order valence-corrected chi connectivity index (χ4v) is 3.27. The van der Waals surface area contributed by atoms with Gasteiger partial charge >= 0.3 is 0 Å². The predicted octanol–water partition coefficient (Wildman–Crippen LogP) is 4.36. The first-order chi connectivity index (χ1) is 13.4. The van der Waals surface area contributed by atoms with Crippen LogP contribution in [0.25, 0.3) is 21.9 Å². The lowest BCUT2D eigenvalue weighted by molar-refractivity contribution is -0.122. The van der Waals surface area contributed by atoms with Crippen molar-refractivity contribution in [3.8, 4) is 0 Å². The van der Waals surface area contributed by atoms with Crippen LogP contribution in [0.5, 0.6) is 0 Å². The molecule has 0 saturated carbocycles. The van der Waals surface area contributed by atoms with Gasteiger partial charge in [0.05, 0.1) is 16.6 Å². The highest BCUT2D eigenvalue weighted by Gasteiger charge is 2.06. The highest BCUT2D eigenvalue weighted by Crippen LogP contribution is 2.22. The summed E-state index contributed by atoms with van der Waals surface area (Å²) in [5.41, 5.74) is 6.94. The highest BCUT2D eigenvalue weighted by atomic mass is 16.3. The van der Waals surface area contributed by atoms with Crippen LogP contribution in [0.15, 0.2) is 42.5 Å². The van der Waals surface area contributed by atoms with E-state index in [0.717, 1.165) is 34.7 Å². The van der Waals surface area contributed by atoms with Gasteiger partial charge in [-0.25, -0.2) is 9.97 Å². The molecule has 6 heteroatoms.